The molecule has 0 spiro atoms. The van der Waals surface area contributed by atoms with E-state index in [0.717, 1.165) is 19.5 Å². The maximum atomic E-state index is 3.39. The van der Waals surface area contributed by atoms with Gasteiger partial charge in [-0.15, -0.1) is 11.8 Å². The molecule has 0 heterocycles. The number of benzene rings is 1. The lowest BCUT2D eigenvalue weighted by Crippen LogP contribution is -2.14. The minimum absolute atomic E-state index is 0.932. The van der Waals surface area contributed by atoms with Crippen LogP contribution in [0.3, 0.4) is 0 Å². The van der Waals surface area contributed by atoms with Crippen molar-refractivity contribution in [1.82, 2.24) is 5.32 Å². The fourth-order valence-corrected chi connectivity index (χ4v) is 1.54. The van der Waals surface area contributed by atoms with Crippen molar-refractivity contribution >= 4 is 0 Å². The van der Waals surface area contributed by atoms with Crippen molar-refractivity contribution in [3.8, 4) is 11.8 Å². The van der Waals surface area contributed by atoms with Crippen LogP contribution in [0, 0.1) is 25.7 Å². The van der Waals surface area contributed by atoms with Crippen LogP contribution in [-0.4, -0.2) is 6.54 Å². The first-order chi connectivity index (χ1) is 7.24. The van der Waals surface area contributed by atoms with E-state index in [4.69, 9.17) is 0 Å². The average molecular weight is 201 g/mol. The van der Waals surface area contributed by atoms with E-state index in [1.807, 2.05) is 6.92 Å². The summed E-state index contributed by atoms with van der Waals surface area (Å²) in [5.74, 6) is 5.94. The van der Waals surface area contributed by atoms with Crippen LogP contribution in [0.15, 0.2) is 18.2 Å². The standard InChI is InChI=1S/C14H19N/c1-4-5-6-9-15-11-14-8-7-12(2)10-13(14)3/h7-8,10,15H,6,9,11H2,1-3H3. The zero-order valence-electron chi connectivity index (χ0n) is 9.85. The number of hydrogen-bond acceptors (Lipinski definition) is 1. The van der Waals surface area contributed by atoms with E-state index in [0.29, 0.717) is 0 Å². The van der Waals surface area contributed by atoms with Crippen molar-refractivity contribution in [2.75, 3.05) is 6.54 Å². The van der Waals surface area contributed by atoms with E-state index in [-0.39, 0.29) is 0 Å². The SMILES string of the molecule is CC#CCCNCc1ccc(C)cc1C. The van der Waals surface area contributed by atoms with Crippen LogP contribution < -0.4 is 5.32 Å². The lowest BCUT2D eigenvalue weighted by molar-refractivity contribution is 0.698. The molecule has 15 heavy (non-hydrogen) atoms. The Morgan fingerprint density at radius 2 is 2.07 bits per heavy atom. The van der Waals surface area contributed by atoms with Gasteiger partial charge in [0.1, 0.15) is 0 Å². The van der Waals surface area contributed by atoms with Gasteiger partial charge in [-0.05, 0) is 31.9 Å². The lowest BCUT2D eigenvalue weighted by Gasteiger charge is -2.07. The molecule has 80 valence electrons. The highest BCUT2D eigenvalue weighted by molar-refractivity contribution is 5.30. The summed E-state index contributed by atoms with van der Waals surface area (Å²) < 4.78 is 0. The van der Waals surface area contributed by atoms with E-state index in [1.54, 1.807) is 0 Å². The normalized spacial score (nSPS) is 9.53. The van der Waals surface area contributed by atoms with Gasteiger partial charge >= 0.3 is 0 Å². The largest absolute Gasteiger partial charge is 0.312 e. The molecule has 0 aliphatic rings. The van der Waals surface area contributed by atoms with Crippen LogP contribution in [0.25, 0.3) is 0 Å². The molecule has 0 aliphatic carbocycles. The Kier molecular flexibility index (Phi) is 4.93. The highest BCUT2D eigenvalue weighted by Gasteiger charge is 1.97. The average Bonchev–Trinajstić information content (AvgIpc) is 2.20. The van der Waals surface area contributed by atoms with Crippen LogP contribution >= 0.6 is 0 Å². The molecule has 0 amide bonds. The summed E-state index contributed by atoms with van der Waals surface area (Å²) in [6.07, 6.45) is 0.932. The number of nitrogens with one attached hydrogen (secondary N) is 1. The fraction of sp³-hybridized carbons (Fsp3) is 0.429. The Labute approximate surface area is 92.9 Å². The van der Waals surface area contributed by atoms with Crippen LogP contribution in [0.1, 0.15) is 30.0 Å². The smallest absolute Gasteiger partial charge is 0.0214 e. The molecule has 1 N–H and O–H groups in total. The molecule has 0 bridgehead atoms. The predicted octanol–water partition coefficient (Wildman–Crippen LogP) is 2.81. The lowest BCUT2D eigenvalue weighted by atomic mass is 10.1. The second-order valence-electron chi connectivity index (χ2n) is 3.78. The van der Waals surface area contributed by atoms with E-state index >= 15 is 0 Å². The summed E-state index contributed by atoms with van der Waals surface area (Å²) in [5.41, 5.74) is 4.07. The number of rotatable bonds is 4. The number of hydrogen-bond donors (Lipinski definition) is 1. The van der Waals surface area contributed by atoms with Gasteiger partial charge in [0.15, 0.2) is 0 Å². The molecule has 0 aromatic heterocycles. The summed E-state index contributed by atoms with van der Waals surface area (Å²) in [4.78, 5) is 0. The van der Waals surface area contributed by atoms with Gasteiger partial charge in [-0.2, -0.15) is 0 Å². The summed E-state index contributed by atoms with van der Waals surface area (Å²) in [7, 11) is 0. The first kappa shape index (κ1) is 11.8. The zero-order valence-corrected chi connectivity index (χ0v) is 9.85. The Balaban J connectivity index is 2.39. The quantitative estimate of drug-likeness (QED) is 0.583. The maximum absolute atomic E-state index is 3.39. The molecule has 0 aliphatic heterocycles. The molecule has 1 aromatic carbocycles. The maximum Gasteiger partial charge on any atom is 0.0214 e. The van der Waals surface area contributed by atoms with Crippen LogP contribution in [-0.2, 0) is 6.54 Å². The molecule has 0 saturated carbocycles. The third-order valence-corrected chi connectivity index (χ3v) is 2.42. The van der Waals surface area contributed by atoms with Gasteiger partial charge in [0, 0.05) is 19.5 Å². The van der Waals surface area contributed by atoms with Gasteiger partial charge < -0.3 is 5.32 Å². The molecular formula is C14H19N. The Morgan fingerprint density at radius 1 is 1.27 bits per heavy atom. The minimum Gasteiger partial charge on any atom is -0.312 e. The van der Waals surface area contributed by atoms with E-state index in [2.05, 4.69) is 49.2 Å². The van der Waals surface area contributed by atoms with Gasteiger partial charge in [0.05, 0.1) is 0 Å². The molecule has 0 atom stereocenters. The van der Waals surface area contributed by atoms with E-state index in [1.165, 1.54) is 16.7 Å². The van der Waals surface area contributed by atoms with Crippen molar-refractivity contribution in [3.05, 3.63) is 34.9 Å². The molecule has 0 radical (unpaired) electrons. The molecule has 0 saturated heterocycles. The zero-order chi connectivity index (χ0) is 11.1. The van der Waals surface area contributed by atoms with Crippen molar-refractivity contribution in [1.29, 1.82) is 0 Å². The van der Waals surface area contributed by atoms with Crippen molar-refractivity contribution < 1.29 is 0 Å². The van der Waals surface area contributed by atoms with E-state index in [9.17, 15) is 0 Å². The Morgan fingerprint density at radius 3 is 2.73 bits per heavy atom. The van der Waals surface area contributed by atoms with Gasteiger partial charge in [0.2, 0.25) is 0 Å². The van der Waals surface area contributed by atoms with Gasteiger partial charge in [-0.3, -0.25) is 0 Å². The first-order valence-corrected chi connectivity index (χ1v) is 5.40. The predicted molar refractivity (Wildman–Crippen MR) is 65.7 cm³/mol. The number of aryl methyl sites for hydroxylation is 2. The summed E-state index contributed by atoms with van der Waals surface area (Å²) in [6.45, 7) is 8.08. The molecule has 0 fully saturated rings. The van der Waals surface area contributed by atoms with Crippen LogP contribution in [0.5, 0.6) is 0 Å². The molecule has 1 heteroatoms. The monoisotopic (exact) mass is 201 g/mol. The summed E-state index contributed by atoms with van der Waals surface area (Å²) in [5, 5.41) is 3.39. The van der Waals surface area contributed by atoms with Crippen LogP contribution in [0.4, 0.5) is 0 Å². The Bertz CT molecular complexity index is 369. The van der Waals surface area contributed by atoms with Crippen LogP contribution in [0.2, 0.25) is 0 Å². The fourth-order valence-electron chi connectivity index (χ4n) is 1.54. The van der Waals surface area contributed by atoms with Gasteiger partial charge in [0.25, 0.3) is 0 Å². The van der Waals surface area contributed by atoms with Crippen molar-refractivity contribution in [3.63, 3.8) is 0 Å². The van der Waals surface area contributed by atoms with Gasteiger partial charge in [-0.25, -0.2) is 0 Å². The second-order valence-corrected chi connectivity index (χ2v) is 3.78. The third-order valence-electron chi connectivity index (χ3n) is 2.42. The first-order valence-electron chi connectivity index (χ1n) is 5.40. The Hall–Kier alpha value is -1.26. The summed E-state index contributed by atoms with van der Waals surface area (Å²) in [6, 6.07) is 6.59. The molecular weight excluding hydrogens is 182 g/mol. The summed E-state index contributed by atoms with van der Waals surface area (Å²) >= 11 is 0. The second kappa shape index (κ2) is 6.27. The van der Waals surface area contributed by atoms with Crippen molar-refractivity contribution in [2.45, 2.75) is 33.7 Å². The molecule has 0 unspecified atom stereocenters. The highest BCUT2D eigenvalue weighted by Crippen LogP contribution is 2.09. The van der Waals surface area contributed by atoms with E-state index < -0.39 is 0 Å². The topological polar surface area (TPSA) is 12.0 Å². The highest BCUT2D eigenvalue weighted by atomic mass is 14.8. The van der Waals surface area contributed by atoms with Gasteiger partial charge in [-0.1, -0.05) is 23.8 Å². The molecule has 1 rings (SSSR count). The minimum atomic E-state index is 0.932. The molecule has 1 aromatic rings. The molecule has 1 nitrogen and oxygen atoms in total. The van der Waals surface area contributed by atoms with Crippen molar-refractivity contribution in [2.24, 2.45) is 0 Å². The third kappa shape index (κ3) is 4.18.